The van der Waals surface area contributed by atoms with Crippen LogP contribution in [0.15, 0.2) is 24.5 Å². The SMILES string of the molecule is [CH2-][Si](C)(C)c1cccnc1.[Li+]. The quantitative estimate of drug-likeness (QED) is 0.352. The Balaban J connectivity index is 0.000001000. The standard InChI is InChI=1S/C8H12NSi.Li/c1-10(2,3)8-5-4-6-9-7-8;/h4-7H,1H2,2-3H3;/q-1;+1. The molecule has 0 unspecified atom stereocenters. The summed E-state index contributed by atoms with van der Waals surface area (Å²) >= 11 is 0. The van der Waals surface area contributed by atoms with E-state index in [2.05, 4.69) is 30.7 Å². The fourth-order valence-corrected chi connectivity index (χ4v) is 1.73. The van der Waals surface area contributed by atoms with E-state index in [1.165, 1.54) is 5.19 Å². The maximum absolute atomic E-state index is 4.14. The van der Waals surface area contributed by atoms with E-state index in [0.717, 1.165) is 0 Å². The Bertz CT molecular complexity index is 205. The molecule has 1 nitrogen and oxygen atoms in total. The van der Waals surface area contributed by atoms with Gasteiger partial charge >= 0.3 is 18.9 Å². The van der Waals surface area contributed by atoms with Crippen molar-refractivity contribution in [2.45, 2.75) is 13.1 Å². The first-order valence-electron chi connectivity index (χ1n) is 3.36. The molecular formula is C8H12LiNSi. The van der Waals surface area contributed by atoms with Crippen LogP contribution in [0.3, 0.4) is 0 Å². The molecule has 0 aliphatic carbocycles. The smallest absolute Gasteiger partial charge is 0.338 e. The van der Waals surface area contributed by atoms with E-state index in [-0.39, 0.29) is 18.9 Å². The van der Waals surface area contributed by atoms with Gasteiger partial charge in [-0.3, -0.25) is 4.98 Å². The van der Waals surface area contributed by atoms with Gasteiger partial charge in [-0.15, -0.1) is 0 Å². The van der Waals surface area contributed by atoms with E-state index in [1.54, 1.807) is 6.20 Å². The summed E-state index contributed by atoms with van der Waals surface area (Å²) in [6, 6.07) is 4.07. The first-order chi connectivity index (χ1) is 4.61. The summed E-state index contributed by atoms with van der Waals surface area (Å²) in [4.78, 5) is 4.05. The Morgan fingerprint density at radius 2 is 2.09 bits per heavy atom. The molecule has 0 saturated carbocycles. The molecule has 1 aromatic rings. The largest absolute Gasteiger partial charge is 1.00 e. The molecule has 0 aliphatic rings. The zero-order valence-corrected chi connectivity index (χ0v) is 8.46. The molecule has 0 atom stereocenters. The van der Waals surface area contributed by atoms with E-state index in [4.69, 9.17) is 0 Å². The van der Waals surface area contributed by atoms with Gasteiger partial charge < -0.3 is 6.55 Å². The summed E-state index contributed by atoms with van der Waals surface area (Å²) in [7, 11) is -1.35. The third-order valence-electron chi connectivity index (χ3n) is 1.44. The van der Waals surface area contributed by atoms with E-state index < -0.39 is 8.07 Å². The van der Waals surface area contributed by atoms with Gasteiger partial charge in [0.2, 0.25) is 0 Å². The molecule has 1 heterocycles. The Labute approximate surface area is 81.4 Å². The van der Waals surface area contributed by atoms with Crippen molar-refractivity contribution in [3.8, 4) is 0 Å². The zero-order chi connectivity index (χ0) is 7.61. The second-order valence-electron chi connectivity index (χ2n) is 3.13. The van der Waals surface area contributed by atoms with Gasteiger partial charge in [0.25, 0.3) is 0 Å². The second kappa shape index (κ2) is 4.11. The van der Waals surface area contributed by atoms with Crippen molar-refractivity contribution in [3.05, 3.63) is 31.1 Å². The summed E-state index contributed by atoms with van der Waals surface area (Å²) in [5.74, 6) is 0. The van der Waals surface area contributed by atoms with Crippen LogP contribution < -0.4 is 24.0 Å². The molecule has 0 aromatic carbocycles. The van der Waals surface area contributed by atoms with Crippen molar-refractivity contribution in [2.24, 2.45) is 0 Å². The van der Waals surface area contributed by atoms with Crippen LogP contribution in [-0.4, -0.2) is 13.1 Å². The first-order valence-corrected chi connectivity index (χ1v) is 6.57. The van der Waals surface area contributed by atoms with Gasteiger partial charge in [0.1, 0.15) is 0 Å². The number of hydrogen-bond donors (Lipinski definition) is 0. The molecule has 11 heavy (non-hydrogen) atoms. The average Bonchev–Trinajstić information content (AvgIpc) is 1.88. The minimum atomic E-state index is -1.35. The van der Waals surface area contributed by atoms with E-state index >= 15 is 0 Å². The molecular weight excluding hydrogens is 145 g/mol. The molecule has 0 saturated heterocycles. The van der Waals surface area contributed by atoms with E-state index in [0.29, 0.717) is 0 Å². The van der Waals surface area contributed by atoms with Crippen molar-refractivity contribution in [3.63, 3.8) is 0 Å². The molecule has 0 bridgehead atoms. The number of nitrogens with zero attached hydrogens (tertiary/aromatic N) is 1. The molecule has 3 heteroatoms. The van der Waals surface area contributed by atoms with Gasteiger partial charge in [-0.2, -0.15) is 0 Å². The molecule has 1 aromatic heterocycles. The predicted octanol–water partition coefficient (Wildman–Crippen LogP) is -1.63. The Kier molecular flexibility index (Phi) is 4.09. The fraction of sp³-hybridized carbons (Fsp3) is 0.250. The van der Waals surface area contributed by atoms with Crippen LogP contribution in [0.25, 0.3) is 0 Å². The van der Waals surface area contributed by atoms with E-state index in [9.17, 15) is 0 Å². The topological polar surface area (TPSA) is 12.9 Å². The van der Waals surface area contributed by atoms with Gasteiger partial charge in [0, 0.05) is 12.4 Å². The molecule has 0 spiro atoms. The predicted molar refractivity (Wildman–Crippen MR) is 46.7 cm³/mol. The van der Waals surface area contributed by atoms with Gasteiger partial charge in [-0.05, 0) is 6.07 Å². The van der Waals surface area contributed by atoms with Crippen LogP contribution in [0.2, 0.25) is 13.1 Å². The van der Waals surface area contributed by atoms with E-state index in [1.807, 2.05) is 12.3 Å². The van der Waals surface area contributed by atoms with Gasteiger partial charge in [0.05, 0.1) is 0 Å². The number of pyridine rings is 1. The van der Waals surface area contributed by atoms with Crippen LogP contribution in [0.4, 0.5) is 0 Å². The van der Waals surface area contributed by atoms with Crippen LogP contribution in [0.5, 0.6) is 0 Å². The third kappa shape index (κ3) is 3.24. The molecule has 54 valence electrons. The number of hydrogen-bond acceptors (Lipinski definition) is 1. The minimum absolute atomic E-state index is 0. The molecule has 0 N–H and O–H groups in total. The van der Waals surface area contributed by atoms with Crippen molar-refractivity contribution in [2.75, 3.05) is 0 Å². The van der Waals surface area contributed by atoms with Crippen molar-refractivity contribution in [1.82, 2.24) is 4.98 Å². The summed E-state index contributed by atoms with van der Waals surface area (Å²) in [5, 5.41) is 1.31. The van der Waals surface area contributed by atoms with Crippen LogP contribution in [0, 0.1) is 6.55 Å². The first kappa shape index (κ1) is 11.0. The number of rotatable bonds is 1. The Hall–Kier alpha value is -0.0357. The monoisotopic (exact) mass is 157 g/mol. The Morgan fingerprint density at radius 3 is 2.36 bits per heavy atom. The van der Waals surface area contributed by atoms with Crippen molar-refractivity contribution in [1.29, 1.82) is 0 Å². The van der Waals surface area contributed by atoms with Crippen LogP contribution in [-0.2, 0) is 0 Å². The maximum atomic E-state index is 4.14. The third-order valence-corrected chi connectivity index (χ3v) is 3.30. The maximum Gasteiger partial charge on any atom is 1.00 e. The van der Waals surface area contributed by atoms with Crippen molar-refractivity contribution < 1.29 is 18.9 Å². The molecule has 1 rings (SSSR count). The van der Waals surface area contributed by atoms with Gasteiger partial charge in [-0.25, -0.2) is 0 Å². The zero-order valence-electron chi connectivity index (χ0n) is 7.46. The van der Waals surface area contributed by atoms with Gasteiger partial charge in [0.15, 0.2) is 0 Å². The van der Waals surface area contributed by atoms with Gasteiger partial charge in [-0.1, -0.05) is 32.4 Å². The summed E-state index contributed by atoms with van der Waals surface area (Å²) in [6.07, 6.45) is 3.71. The molecule has 0 radical (unpaired) electrons. The molecule has 0 amide bonds. The summed E-state index contributed by atoms with van der Waals surface area (Å²) < 4.78 is 0. The molecule has 0 aliphatic heterocycles. The normalized spacial score (nSPS) is 10.5. The fourth-order valence-electron chi connectivity index (χ4n) is 0.763. The number of aromatic nitrogens is 1. The minimum Gasteiger partial charge on any atom is -0.338 e. The average molecular weight is 157 g/mol. The summed E-state index contributed by atoms with van der Waals surface area (Å²) in [6.45, 7) is 8.56. The van der Waals surface area contributed by atoms with Crippen molar-refractivity contribution >= 4 is 13.3 Å². The summed E-state index contributed by atoms with van der Waals surface area (Å²) in [5.41, 5.74) is 0. The molecule has 0 fully saturated rings. The Morgan fingerprint density at radius 1 is 1.45 bits per heavy atom. The van der Waals surface area contributed by atoms with Crippen LogP contribution in [0.1, 0.15) is 0 Å². The van der Waals surface area contributed by atoms with Crippen LogP contribution >= 0.6 is 0 Å². The second-order valence-corrected chi connectivity index (χ2v) is 7.47.